The van der Waals surface area contributed by atoms with Gasteiger partial charge in [-0.1, -0.05) is 13.8 Å². The summed E-state index contributed by atoms with van der Waals surface area (Å²) in [4.78, 5) is 28.2. The molecule has 1 aliphatic carbocycles. The topological polar surface area (TPSA) is 88.5 Å². The summed E-state index contributed by atoms with van der Waals surface area (Å²) in [5.41, 5.74) is -1.69. The number of aliphatic carboxylic acids is 1. The lowest BCUT2D eigenvalue weighted by Crippen LogP contribution is -2.76. The average molecular weight is 371 g/mol. The van der Waals surface area contributed by atoms with Crippen LogP contribution < -0.4 is 5.32 Å². The predicted molar refractivity (Wildman–Crippen MR) is 83.6 cm³/mol. The van der Waals surface area contributed by atoms with Crippen molar-refractivity contribution in [3.63, 3.8) is 0 Å². The van der Waals surface area contributed by atoms with Gasteiger partial charge in [-0.05, 0) is 28.9 Å². The molecule has 2 atom stereocenters. The van der Waals surface area contributed by atoms with Crippen molar-refractivity contribution in [3.8, 4) is 0 Å². The first kappa shape index (κ1) is 16.9. The lowest BCUT2D eigenvalue weighted by molar-refractivity contribution is -0.190. The molecular formula is C15H19BrN2O4. The van der Waals surface area contributed by atoms with Crippen LogP contribution in [0.2, 0.25) is 0 Å². The van der Waals surface area contributed by atoms with E-state index >= 15 is 0 Å². The fourth-order valence-corrected chi connectivity index (χ4v) is 3.29. The zero-order valence-electron chi connectivity index (χ0n) is 12.7. The fraction of sp³-hybridized carbons (Fsp3) is 0.533. The molecule has 0 bridgehead atoms. The van der Waals surface area contributed by atoms with E-state index in [9.17, 15) is 14.7 Å². The highest BCUT2D eigenvalue weighted by Gasteiger charge is 2.66. The lowest BCUT2D eigenvalue weighted by Gasteiger charge is -2.58. The summed E-state index contributed by atoms with van der Waals surface area (Å²) < 4.78 is 6.10. The van der Waals surface area contributed by atoms with E-state index in [1.54, 1.807) is 19.9 Å². The van der Waals surface area contributed by atoms with Crippen molar-refractivity contribution in [2.75, 3.05) is 6.61 Å². The van der Waals surface area contributed by atoms with Gasteiger partial charge in [-0.2, -0.15) is 0 Å². The van der Waals surface area contributed by atoms with Gasteiger partial charge in [0.05, 0.1) is 11.7 Å². The molecule has 0 spiro atoms. The smallest absolute Gasteiger partial charge is 0.330 e. The van der Waals surface area contributed by atoms with E-state index in [0.29, 0.717) is 16.6 Å². The predicted octanol–water partition coefficient (Wildman–Crippen LogP) is 2.23. The van der Waals surface area contributed by atoms with Gasteiger partial charge < -0.3 is 15.2 Å². The Hall–Kier alpha value is -1.47. The van der Waals surface area contributed by atoms with Gasteiger partial charge in [0.15, 0.2) is 0 Å². The van der Waals surface area contributed by atoms with Gasteiger partial charge in [0, 0.05) is 35.3 Å². The Balaban J connectivity index is 2.27. The van der Waals surface area contributed by atoms with Gasteiger partial charge >= 0.3 is 5.97 Å². The van der Waals surface area contributed by atoms with Crippen molar-refractivity contribution in [1.82, 2.24) is 10.3 Å². The number of hydrogen-bond acceptors (Lipinski definition) is 4. The first-order valence-corrected chi connectivity index (χ1v) is 7.82. The van der Waals surface area contributed by atoms with E-state index in [0.717, 1.165) is 0 Å². The number of aromatic nitrogens is 1. The van der Waals surface area contributed by atoms with Crippen LogP contribution in [0.25, 0.3) is 0 Å². The third-order valence-electron chi connectivity index (χ3n) is 4.47. The second kappa shape index (κ2) is 5.96. The van der Waals surface area contributed by atoms with Crippen molar-refractivity contribution in [3.05, 3.63) is 28.5 Å². The molecule has 1 aromatic rings. The maximum Gasteiger partial charge on any atom is 0.330 e. The molecule has 1 saturated carbocycles. The molecule has 1 aliphatic rings. The number of halogens is 1. The molecule has 0 aromatic carbocycles. The van der Waals surface area contributed by atoms with Crippen LogP contribution in [0.1, 0.15) is 37.6 Å². The Morgan fingerprint density at radius 3 is 2.73 bits per heavy atom. The number of amides is 1. The Morgan fingerprint density at radius 2 is 2.23 bits per heavy atom. The normalized spacial score (nSPS) is 26.1. The Kier molecular flexibility index (Phi) is 4.58. The number of carbonyl (C=O) groups is 2. The maximum atomic E-state index is 12.5. The molecule has 1 aromatic heterocycles. The highest BCUT2D eigenvalue weighted by atomic mass is 79.9. The molecule has 2 N–H and O–H groups in total. The summed E-state index contributed by atoms with van der Waals surface area (Å²) in [6, 6.07) is 1.54. The quantitative estimate of drug-likeness (QED) is 0.829. The SMILES string of the molecule is CCOC1CC(NC(=O)c2ccncc2Br)(C(=O)O)C1(C)C. The molecule has 2 unspecified atom stereocenters. The highest BCUT2D eigenvalue weighted by molar-refractivity contribution is 9.10. The number of nitrogens with one attached hydrogen (secondary N) is 1. The highest BCUT2D eigenvalue weighted by Crippen LogP contribution is 2.51. The molecule has 1 heterocycles. The van der Waals surface area contributed by atoms with Gasteiger partial charge in [-0.25, -0.2) is 4.79 Å². The summed E-state index contributed by atoms with van der Waals surface area (Å²) in [6.07, 6.45) is 3.03. The largest absolute Gasteiger partial charge is 0.479 e. The van der Waals surface area contributed by atoms with E-state index in [1.807, 2.05) is 6.92 Å². The number of rotatable bonds is 5. The molecule has 1 amide bonds. The Labute approximate surface area is 137 Å². The van der Waals surface area contributed by atoms with Gasteiger partial charge in [0.1, 0.15) is 5.54 Å². The molecule has 6 nitrogen and oxygen atoms in total. The van der Waals surface area contributed by atoms with Gasteiger partial charge in [-0.15, -0.1) is 0 Å². The zero-order chi connectivity index (χ0) is 16.5. The summed E-state index contributed by atoms with van der Waals surface area (Å²) >= 11 is 3.25. The summed E-state index contributed by atoms with van der Waals surface area (Å²) in [5.74, 6) is -1.49. The minimum Gasteiger partial charge on any atom is -0.479 e. The van der Waals surface area contributed by atoms with Crippen molar-refractivity contribution in [2.45, 2.75) is 38.8 Å². The molecule has 7 heteroatoms. The molecule has 0 aliphatic heterocycles. The van der Waals surface area contributed by atoms with Crippen LogP contribution in [-0.4, -0.2) is 40.2 Å². The Bertz CT molecular complexity index is 605. The van der Waals surface area contributed by atoms with E-state index in [4.69, 9.17) is 4.74 Å². The monoisotopic (exact) mass is 370 g/mol. The minimum absolute atomic E-state index is 0.199. The number of ether oxygens (including phenoxy) is 1. The number of carboxylic acids is 1. The van der Waals surface area contributed by atoms with Crippen LogP contribution in [-0.2, 0) is 9.53 Å². The number of carboxylic acid groups (broad SMARTS) is 1. The van der Waals surface area contributed by atoms with Crippen LogP contribution in [0.5, 0.6) is 0 Å². The van der Waals surface area contributed by atoms with E-state index < -0.39 is 22.8 Å². The van der Waals surface area contributed by atoms with Crippen LogP contribution >= 0.6 is 15.9 Å². The summed E-state index contributed by atoms with van der Waals surface area (Å²) in [5, 5.41) is 12.4. The third-order valence-corrected chi connectivity index (χ3v) is 5.11. The molecule has 22 heavy (non-hydrogen) atoms. The molecule has 120 valence electrons. The van der Waals surface area contributed by atoms with E-state index in [1.165, 1.54) is 12.4 Å². The number of pyridine rings is 1. The van der Waals surface area contributed by atoms with Gasteiger partial charge in [-0.3, -0.25) is 9.78 Å². The van der Waals surface area contributed by atoms with Crippen molar-refractivity contribution in [2.24, 2.45) is 5.41 Å². The van der Waals surface area contributed by atoms with Crippen molar-refractivity contribution >= 4 is 27.8 Å². The molecular weight excluding hydrogens is 352 g/mol. The zero-order valence-corrected chi connectivity index (χ0v) is 14.3. The third kappa shape index (κ3) is 2.52. The Morgan fingerprint density at radius 1 is 1.55 bits per heavy atom. The second-order valence-corrected chi connectivity index (χ2v) is 6.74. The lowest BCUT2D eigenvalue weighted by atomic mass is 9.54. The molecule has 1 fully saturated rings. The minimum atomic E-state index is -1.34. The van der Waals surface area contributed by atoms with Gasteiger partial charge in [0.2, 0.25) is 0 Å². The van der Waals surface area contributed by atoms with Crippen LogP contribution in [0.4, 0.5) is 0 Å². The number of carbonyl (C=O) groups excluding carboxylic acids is 1. The number of nitrogens with zero attached hydrogens (tertiary/aromatic N) is 1. The maximum absolute atomic E-state index is 12.5. The van der Waals surface area contributed by atoms with Crippen molar-refractivity contribution < 1.29 is 19.4 Å². The van der Waals surface area contributed by atoms with Gasteiger partial charge in [0.25, 0.3) is 5.91 Å². The van der Waals surface area contributed by atoms with E-state index in [-0.39, 0.29) is 12.5 Å². The summed E-state index contributed by atoms with van der Waals surface area (Å²) in [6.45, 7) is 5.97. The fourth-order valence-electron chi connectivity index (χ4n) is 2.86. The standard InChI is InChI=1S/C15H19BrN2O4/c1-4-22-11-7-15(13(20)21,14(11,2)3)18-12(19)9-5-6-17-8-10(9)16/h5-6,8,11H,4,7H2,1-3H3,(H,18,19)(H,20,21). The first-order valence-electron chi connectivity index (χ1n) is 7.03. The first-order chi connectivity index (χ1) is 10.3. The average Bonchev–Trinajstić information content (AvgIpc) is 2.45. The van der Waals surface area contributed by atoms with E-state index in [2.05, 4.69) is 26.2 Å². The van der Waals surface area contributed by atoms with Crippen LogP contribution in [0.15, 0.2) is 22.9 Å². The summed E-state index contributed by atoms with van der Waals surface area (Å²) in [7, 11) is 0. The van der Waals surface area contributed by atoms with Crippen LogP contribution in [0, 0.1) is 5.41 Å². The van der Waals surface area contributed by atoms with Crippen molar-refractivity contribution in [1.29, 1.82) is 0 Å². The second-order valence-electron chi connectivity index (χ2n) is 5.89. The molecule has 0 saturated heterocycles. The number of hydrogen-bond donors (Lipinski definition) is 2. The van der Waals surface area contributed by atoms with Crippen LogP contribution in [0.3, 0.4) is 0 Å². The molecule has 2 rings (SSSR count). The molecule has 0 radical (unpaired) electrons.